The fourth-order valence-electron chi connectivity index (χ4n) is 2.86. The molecule has 0 aromatic heterocycles. The Morgan fingerprint density at radius 2 is 1.00 bits per heavy atom. The van der Waals surface area contributed by atoms with E-state index in [0.717, 1.165) is 27.0 Å². The molecule has 0 heterocycles. The second-order valence-electron chi connectivity index (χ2n) is 5.63. The molecular weight excluding hydrogens is 287 g/mol. The normalized spacial score (nSPS) is 11.4. The minimum Gasteiger partial charge on any atom is -0.309 e. The number of benzene rings is 3. The lowest BCUT2D eigenvalue weighted by Crippen LogP contribution is -2.25. The van der Waals surface area contributed by atoms with Gasteiger partial charge in [-0.1, -0.05) is 77.9 Å². The van der Waals surface area contributed by atoms with Crippen LogP contribution in [0.1, 0.15) is 11.1 Å². The smallest absolute Gasteiger partial charge is 0.171 e. The number of rotatable bonds is 3. The zero-order valence-corrected chi connectivity index (χ0v) is 13.8. The van der Waals surface area contributed by atoms with E-state index in [0.29, 0.717) is 0 Å². The third-order valence-corrected chi connectivity index (χ3v) is 6.85. The average molecular weight is 306 g/mol. The van der Waals surface area contributed by atoms with Crippen molar-refractivity contribution in [2.24, 2.45) is 0 Å². The van der Waals surface area contributed by atoms with Crippen LogP contribution in [0.2, 0.25) is 0 Å². The second kappa shape index (κ2) is 5.94. The Morgan fingerprint density at radius 3 is 1.41 bits per heavy atom. The molecular formula is C20H19OP. The summed E-state index contributed by atoms with van der Waals surface area (Å²) in [5.41, 5.74) is 2.28. The minimum absolute atomic E-state index is 0.881. The standard InChI is InChI=1S/C20H19OP/c1-16-13-17(2)15-20(14-16)22(21,18-9-5-3-6-10-18)19-11-7-4-8-12-19/h3-15H,1-2H3. The van der Waals surface area contributed by atoms with Crippen molar-refractivity contribution in [2.75, 3.05) is 0 Å². The SMILES string of the molecule is Cc1cc(C)cc(P(=O)(c2ccccc2)c2ccccc2)c1. The summed E-state index contributed by atoms with van der Waals surface area (Å²) in [4.78, 5) is 0. The van der Waals surface area contributed by atoms with Gasteiger partial charge in [0, 0.05) is 15.9 Å². The maximum atomic E-state index is 14.1. The monoisotopic (exact) mass is 306 g/mol. The molecule has 0 saturated heterocycles. The molecule has 0 bridgehead atoms. The van der Waals surface area contributed by atoms with Gasteiger partial charge >= 0.3 is 0 Å². The molecule has 0 aliphatic rings. The van der Waals surface area contributed by atoms with Crippen LogP contribution >= 0.6 is 7.14 Å². The predicted octanol–water partition coefficient (Wildman–Crippen LogP) is 3.94. The zero-order valence-electron chi connectivity index (χ0n) is 12.9. The fourth-order valence-corrected chi connectivity index (χ4v) is 5.70. The molecule has 0 unspecified atom stereocenters. The van der Waals surface area contributed by atoms with E-state index in [-0.39, 0.29) is 0 Å². The van der Waals surface area contributed by atoms with Gasteiger partial charge in [-0.25, -0.2) is 0 Å². The number of hydrogen-bond donors (Lipinski definition) is 0. The van der Waals surface area contributed by atoms with Crippen LogP contribution in [0.4, 0.5) is 0 Å². The Hall–Kier alpha value is -2.11. The van der Waals surface area contributed by atoms with Crippen molar-refractivity contribution in [2.45, 2.75) is 13.8 Å². The first-order valence-corrected chi connectivity index (χ1v) is 9.11. The van der Waals surface area contributed by atoms with Gasteiger partial charge in [0.15, 0.2) is 7.14 Å². The van der Waals surface area contributed by atoms with Crippen LogP contribution in [-0.4, -0.2) is 0 Å². The summed E-state index contributed by atoms with van der Waals surface area (Å²) in [6.45, 7) is 4.10. The van der Waals surface area contributed by atoms with Gasteiger partial charge in [-0.3, -0.25) is 0 Å². The Balaban J connectivity index is 2.31. The van der Waals surface area contributed by atoms with Crippen LogP contribution in [0.3, 0.4) is 0 Å². The molecule has 3 aromatic carbocycles. The van der Waals surface area contributed by atoms with Gasteiger partial charge in [0.25, 0.3) is 0 Å². The quantitative estimate of drug-likeness (QED) is 0.670. The van der Waals surface area contributed by atoms with Crippen LogP contribution in [0.15, 0.2) is 78.9 Å². The first kappa shape index (κ1) is 14.8. The van der Waals surface area contributed by atoms with E-state index in [1.807, 2.05) is 72.8 Å². The molecule has 0 N–H and O–H groups in total. The van der Waals surface area contributed by atoms with Crippen LogP contribution < -0.4 is 15.9 Å². The molecule has 0 atom stereocenters. The van der Waals surface area contributed by atoms with Crippen molar-refractivity contribution < 1.29 is 4.57 Å². The van der Waals surface area contributed by atoms with E-state index in [4.69, 9.17) is 0 Å². The summed E-state index contributed by atoms with van der Waals surface area (Å²) in [7, 11) is -2.83. The minimum atomic E-state index is -2.83. The van der Waals surface area contributed by atoms with Gasteiger partial charge in [0.05, 0.1) is 0 Å². The lowest BCUT2D eigenvalue weighted by atomic mass is 10.2. The lowest BCUT2D eigenvalue weighted by Gasteiger charge is -2.21. The Bertz CT molecular complexity index is 759. The van der Waals surface area contributed by atoms with Crippen LogP contribution in [0, 0.1) is 13.8 Å². The van der Waals surface area contributed by atoms with Crippen molar-refractivity contribution in [3.63, 3.8) is 0 Å². The summed E-state index contributed by atoms with van der Waals surface area (Å²) in [5, 5.41) is 2.67. The molecule has 0 saturated carbocycles. The molecule has 1 nitrogen and oxygen atoms in total. The van der Waals surface area contributed by atoms with Crippen molar-refractivity contribution >= 4 is 23.1 Å². The van der Waals surface area contributed by atoms with Crippen LogP contribution in [0.5, 0.6) is 0 Å². The maximum absolute atomic E-state index is 14.1. The van der Waals surface area contributed by atoms with E-state index in [2.05, 4.69) is 19.9 Å². The lowest BCUT2D eigenvalue weighted by molar-refractivity contribution is 0.592. The first-order valence-electron chi connectivity index (χ1n) is 7.41. The summed E-state index contributed by atoms with van der Waals surface area (Å²) in [6, 6.07) is 25.8. The third-order valence-electron chi connectivity index (χ3n) is 3.81. The third kappa shape index (κ3) is 2.65. The molecule has 0 aliphatic heterocycles. The molecule has 2 heteroatoms. The Kier molecular flexibility index (Phi) is 4.00. The van der Waals surface area contributed by atoms with Crippen molar-refractivity contribution in [3.05, 3.63) is 90.0 Å². The highest BCUT2D eigenvalue weighted by Gasteiger charge is 2.29. The van der Waals surface area contributed by atoms with Crippen molar-refractivity contribution in [3.8, 4) is 0 Å². The molecule has 0 fully saturated rings. The molecule has 110 valence electrons. The molecule has 3 rings (SSSR count). The first-order chi connectivity index (χ1) is 10.6. The van der Waals surface area contributed by atoms with Gasteiger partial charge < -0.3 is 4.57 Å². The molecule has 0 radical (unpaired) electrons. The van der Waals surface area contributed by atoms with Crippen LogP contribution in [-0.2, 0) is 4.57 Å². The summed E-state index contributed by atoms with van der Waals surface area (Å²) in [5.74, 6) is 0. The Labute approximate surface area is 132 Å². The van der Waals surface area contributed by atoms with Gasteiger partial charge in [-0.2, -0.15) is 0 Å². The van der Waals surface area contributed by atoms with Gasteiger partial charge in [0.2, 0.25) is 0 Å². The average Bonchev–Trinajstić information content (AvgIpc) is 2.55. The molecule has 0 spiro atoms. The van der Waals surface area contributed by atoms with E-state index >= 15 is 0 Å². The van der Waals surface area contributed by atoms with Crippen molar-refractivity contribution in [1.82, 2.24) is 0 Å². The fraction of sp³-hybridized carbons (Fsp3) is 0.100. The highest BCUT2D eigenvalue weighted by molar-refractivity contribution is 7.85. The molecule has 0 aliphatic carbocycles. The topological polar surface area (TPSA) is 17.1 Å². The second-order valence-corrected chi connectivity index (χ2v) is 8.39. The zero-order chi connectivity index (χ0) is 15.6. The number of aryl methyl sites for hydroxylation is 2. The highest BCUT2D eigenvalue weighted by atomic mass is 31.2. The van der Waals surface area contributed by atoms with E-state index in [9.17, 15) is 4.57 Å². The van der Waals surface area contributed by atoms with Gasteiger partial charge in [-0.05, 0) is 26.0 Å². The van der Waals surface area contributed by atoms with E-state index < -0.39 is 7.14 Å². The van der Waals surface area contributed by atoms with E-state index in [1.54, 1.807) is 0 Å². The predicted molar refractivity (Wildman–Crippen MR) is 95.3 cm³/mol. The number of hydrogen-bond acceptors (Lipinski definition) is 1. The van der Waals surface area contributed by atoms with Gasteiger partial charge in [-0.15, -0.1) is 0 Å². The summed E-state index contributed by atoms with van der Waals surface area (Å²) >= 11 is 0. The maximum Gasteiger partial charge on any atom is 0.171 e. The summed E-state index contributed by atoms with van der Waals surface area (Å²) < 4.78 is 14.1. The molecule has 0 amide bonds. The van der Waals surface area contributed by atoms with E-state index in [1.165, 1.54) is 0 Å². The van der Waals surface area contributed by atoms with Crippen molar-refractivity contribution in [1.29, 1.82) is 0 Å². The summed E-state index contributed by atoms with van der Waals surface area (Å²) in [6.07, 6.45) is 0. The molecule has 22 heavy (non-hydrogen) atoms. The highest BCUT2D eigenvalue weighted by Crippen LogP contribution is 2.42. The molecule has 3 aromatic rings. The van der Waals surface area contributed by atoms with Gasteiger partial charge in [0.1, 0.15) is 0 Å². The Morgan fingerprint density at radius 1 is 0.591 bits per heavy atom. The largest absolute Gasteiger partial charge is 0.309 e. The van der Waals surface area contributed by atoms with Crippen LogP contribution in [0.25, 0.3) is 0 Å².